The Morgan fingerprint density at radius 1 is 0.893 bits per heavy atom. The number of halogens is 1. The molecule has 0 saturated carbocycles. The van der Waals surface area contributed by atoms with Gasteiger partial charge >= 0.3 is 0 Å². The second-order valence-electron chi connectivity index (χ2n) is 7.21. The van der Waals surface area contributed by atoms with Gasteiger partial charge in [0.15, 0.2) is 0 Å². The van der Waals surface area contributed by atoms with Gasteiger partial charge in [0.05, 0.1) is 15.5 Å². The molecule has 0 radical (unpaired) electrons. The Kier molecular flexibility index (Phi) is 5.06. The summed E-state index contributed by atoms with van der Waals surface area (Å²) in [5, 5.41) is 0. The molecular formula is C19H21BrN2O4S2. The summed E-state index contributed by atoms with van der Waals surface area (Å²) in [5.74, 6) is 0. The lowest BCUT2D eigenvalue weighted by Gasteiger charge is -2.24. The predicted octanol–water partition coefficient (Wildman–Crippen LogP) is 3.37. The van der Waals surface area contributed by atoms with E-state index >= 15 is 0 Å². The number of hydrogen-bond acceptors (Lipinski definition) is 4. The molecule has 0 aromatic heterocycles. The minimum absolute atomic E-state index is 0.212. The van der Waals surface area contributed by atoms with E-state index < -0.39 is 20.0 Å². The largest absolute Gasteiger partial charge is 0.264 e. The highest BCUT2D eigenvalue weighted by Crippen LogP contribution is 2.38. The molecule has 4 rings (SSSR count). The highest BCUT2D eigenvalue weighted by molar-refractivity contribution is 9.10. The number of anilines is 1. The molecule has 2 aromatic rings. The molecule has 1 atom stereocenters. The molecule has 0 aliphatic carbocycles. The Bertz CT molecular complexity index is 1110. The fourth-order valence-electron chi connectivity index (χ4n) is 3.90. The average Bonchev–Trinajstić information content (AvgIpc) is 3.29. The maximum absolute atomic E-state index is 13.2. The van der Waals surface area contributed by atoms with Gasteiger partial charge in [-0.2, -0.15) is 4.31 Å². The van der Waals surface area contributed by atoms with Gasteiger partial charge in [-0.05, 0) is 74.2 Å². The number of hydrogen-bond donors (Lipinski definition) is 0. The molecular weight excluding hydrogens is 464 g/mol. The van der Waals surface area contributed by atoms with Crippen LogP contribution in [0.2, 0.25) is 0 Å². The minimum atomic E-state index is -3.73. The third-order valence-electron chi connectivity index (χ3n) is 5.28. The normalized spacial score (nSPS) is 20.5. The molecule has 0 spiro atoms. The molecule has 2 aliphatic rings. The Hall–Kier alpha value is -1.42. The summed E-state index contributed by atoms with van der Waals surface area (Å²) in [4.78, 5) is 0.451. The van der Waals surface area contributed by atoms with Crippen molar-refractivity contribution in [3.63, 3.8) is 0 Å². The van der Waals surface area contributed by atoms with Gasteiger partial charge in [-0.15, -0.1) is 0 Å². The van der Waals surface area contributed by atoms with E-state index in [0.717, 1.165) is 22.9 Å². The summed E-state index contributed by atoms with van der Waals surface area (Å²) in [6.07, 6.45) is 2.23. The molecule has 1 fully saturated rings. The summed E-state index contributed by atoms with van der Waals surface area (Å²) in [7, 11) is -7.26. The fourth-order valence-corrected chi connectivity index (χ4v) is 7.43. The lowest BCUT2D eigenvalue weighted by molar-refractivity contribution is 0.477. The van der Waals surface area contributed by atoms with Crippen LogP contribution in [-0.4, -0.2) is 40.3 Å². The summed E-state index contributed by atoms with van der Waals surface area (Å²) in [6.45, 7) is 2.92. The van der Waals surface area contributed by atoms with Crippen molar-refractivity contribution in [1.29, 1.82) is 0 Å². The van der Waals surface area contributed by atoms with Crippen molar-refractivity contribution >= 4 is 41.7 Å². The minimum Gasteiger partial charge on any atom is -0.263 e. The van der Waals surface area contributed by atoms with Crippen LogP contribution >= 0.6 is 15.9 Å². The van der Waals surface area contributed by atoms with Crippen LogP contribution in [0.5, 0.6) is 0 Å². The second-order valence-corrected chi connectivity index (χ2v) is 11.9. The molecule has 28 heavy (non-hydrogen) atoms. The standard InChI is InChI=1S/C19H21BrN2O4S2/c1-14-12-15-13-18(27(23,24)21-10-2-3-11-21)8-9-19(15)22(14)28(25,26)17-6-4-16(20)5-7-17/h4-9,13-14H,2-3,10-12H2,1H3/t14-/m0/s1. The zero-order valence-corrected chi connectivity index (χ0v) is 18.6. The molecule has 0 unspecified atom stereocenters. The Morgan fingerprint density at radius 2 is 1.50 bits per heavy atom. The first-order valence-corrected chi connectivity index (χ1v) is 12.8. The summed E-state index contributed by atoms with van der Waals surface area (Å²) in [6, 6.07) is 11.0. The van der Waals surface area contributed by atoms with E-state index in [4.69, 9.17) is 0 Å². The first-order valence-electron chi connectivity index (χ1n) is 9.14. The van der Waals surface area contributed by atoms with Gasteiger partial charge in [0, 0.05) is 23.6 Å². The molecule has 2 aromatic carbocycles. The van der Waals surface area contributed by atoms with Crippen molar-refractivity contribution < 1.29 is 16.8 Å². The second kappa shape index (κ2) is 7.12. The number of fused-ring (bicyclic) bond motifs is 1. The van der Waals surface area contributed by atoms with Crippen molar-refractivity contribution in [2.75, 3.05) is 17.4 Å². The third-order valence-corrected chi connectivity index (χ3v) is 9.64. The van der Waals surface area contributed by atoms with Gasteiger partial charge in [0.2, 0.25) is 10.0 Å². The Balaban J connectivity index is 1.73. The predicted molar refractivity (Wildman–Crippen MR) is 111 cm³/mol. The monoisotopic (exact) mass is 484 g/mol. The molecule has 0 amide bonds. The summed E-state index contributed by atoms with van der Waals surface area (Å²) in [5.41, 5.74) is 1.30. The van der Waals surface area contributed by atoms with Crippen LogP contribution < -0.4 is 4.31 Å². The number of benzene rings is 2. The number of nitrogens with zero attached hydrogens (tertiary/aromatic N) is 2. The van der Waals surface area contributed by atoms with E-state index in [-0.39, 0.29) is 15.8 Å². The molecule has 2 aliphatic heterocycles. The van der Waals surface area contributed by atoms with Crippen LogP contribution in [0.25, 0.3) is 0 Å². The number of sulfonamides is 2. The molecule has 2 heterocycles. The zero-order chi connectivity index (χ0) is 20.1. The lowest BCUT2D eigenvalue weighted by atomic mass is 10.1. The van der Waals surface area contributed by atoms with Crippen molar-refractivity contribution in [2.24, 2.45) is 0 Å². The van der Waals surface area contributed by atoms with Crippen molar-refractivity contribution in [3.8, 4) is 0 Å². The maximum Gasteiger partial charge on any atom is 0.264 e. The third kappa shape index (κ3) is 3.28. The summed E-state index contributed by atoms with van der Waals surface area (Å²) >= 11 is 3.32. The van der Waals surface area contributed by atoms with Crippen LogP contribution in [-0.2, 0) is 26.5 Å². The average molecular weight is 485 g/mol. The van der Waals surface area contributed by atoms with Gasteiger partial charge in [0.1, 0.15) is 0 Å². The highest BCUT2D eigenvalue weighted by Gasteiger charge is 2.37. The van der Waals surface area contributed by atoms with E-state index in [0.29, 0.717) is 25.2 Å². The van der Waals surface area contributed by atoms with Gasteiger partial charge in [-0.25, -0.2) is 16.8 Å². The van der Waals surface area contributed by atoms with Crippen LogP contribution in [0, 0.1) is 0 Å². The fraction of sp³-hybridized carbons (Fsp3) is 0.368. The van der Waals surface area contributed by atoms with Gasteiger partial charge in [-0.1, -0.05) is 15.9 Å². The van der Waals surface area contributed by atoms with Gasteiger partial charge in [-0.3, -0.25) is 4.31 Å². The Morgan fingerprint density at radius 3 is 2.14 bits per heavy atom. The van der Waals surface area contributed by atoms with Gasteiger partial charge < -0.3 is 0 Å². The van der Waals surface area contributed by atoms with E-state index in [1.165, 1.54) is 14.7 Å². The van der Waals surface area contributed by atoms with E-state index in [1.54, 1.807) is 36.4 Å². The van der Waals surface area contributed by atoms with Crippen LogP contribution in [0.1, 0.15) is 25.3 Å². The zero-order valence-electron chi connectivity index (χ0n) is 15.4. The number of rotatable bonds is 4. The quantitative estimate of drug-likeness (QED) is 0.666. The SMILES string of the molecule is C[C@H]1Cc2cc(S(=O)(=O)N3CCCC3)ccc2N1S(=O)(=O)c1ccc(Br)cc1. The molecule has 150 valence electrons. The van der Waals surface area contributed by atoms with Crippen molar-refractivity contribution in [3.05, 3.63) is 52.5 Å². The Labute approximate surface area is 174 Å². The van der Waals surface area contributed by atoms with E-state index in [1.807, 2.05) is 6.92 Å². The maximum atomic E-state index is 13.2. The topological polar surface area (TPSA) is 74.8 Å². The van der Waals surface area contributed by atoms with Crippen LogP contribution in [0.15, 0.2) is 56.7 Å². The van der Waals surface area contributed by atoms with Crippen molar-refractivity contribution in [1.82, 2.24) is 4.31 Å². The molecule has 9 heteroatoms. The summed E-state index contributed by atoms with van der Waals surface area (Å²) < 4.78 is 55.8. The molecule has 6 nitrogen and oxygen atoms in total. The molecule has 0 N–H and O–H groups in total. The first-order chi connectivity index (χ1) is 13.2. The van der Waals surface area contributed by atoms with Crippen molar-refractivity contribution in [2.45, 2.75) is 42.0 Å². The first kappa shape index (κ1) is 19.9. The van der Waals surface area contributed by atoms with Crippen LogP contribution in [0.4, 0.5) is 5.69 Å². The van der Waals surface area contributed by atoms with Gasteiger partial charge in [0.25, 0.3) is 10.0 Å². The molecule has 1 saturated heterocycles. The molecule has 0 bridgehead atoms. The van der Waals surface area contributed by atoms with E-state index in [9.17, 15) is 16.8 Å². The lowest BCUT2D eigenvalue weighted by Crippen LogP contribution is -2.35. The highest BCUT2D eigenvalue weighted by atomic mass is 79.9. The van der Waals surface area contributed by atoms with Crippen LogP contribution in [0.3, 0.4) is 0 Å². The van der Waals surface area contributed by atoms with E-state index in [2.05, 4.69) is 15.9 Å². The smallest absolute Gasteiger partial charge is 0.263 e.